The molecule has 3 N–H and O–H groups in total. The molecule has 1 amide bonds. The Bertz CT molecular complexity index is 1360. The van der Waals surface area contributed by atoms with Gasteiger partial charge in [-0.3, -0.25) is 25.0 Å². The fourth-order valence-corrected chi connectivity index (χ4v) is 4.11. The normalized spacial score (nSPS) is 10.6. The average molecular weight is 496 g/mol. The minimum Gasteiger partial charge on any atom is -0.331 e. The third-order valence-electron chi connectivity index (χ3n) is 4.51. The molecule has 4 aromatic rings. The summed E-state index contributed by atoms with van der Waals surface area (Å²) in [7, 11) is 0. The molecule has 166 valence electrons. The van der Waals surface area contributed by atoms with Gasteiger partial charge in [-0.15, -0.1) is 0 Å². The number of thioether (sulfide) groups is 1. The van der Waals surface area contributed by atoms with Gasteiger partial charge in [0.15, 0.2) is 10.3 Å². The number of hydrogen-bond donors (Lipinski definition) is 3. The highest BCUT2D eigenvalue weighted by Gasteiger charge is 2.15. The van der Waals surface area contributed by atoms with Gasteiger partial charge in [0.05, 0.1) is 22.3 Å². The second-order valence-corrected chi connectivity index (χ2v) is 8.60. The molecule has 0 aliphatic heterocycles. The fourth-order valence-electron chi connectivity index (χ4n) is 3.00. The van der Waals surface area contributed by atoms with Crippen molar-refractivity contribution in [3.63, 3.8) is 0 Å². The maximum absolute atomic E-state index is 13.2. The van der Waals surface area contributed by atoms with Crippen LogP contribution in [0.15, 0.2) is 88.8 Å². The Morgan fingerprint density at radius 2 is 1.67 bits per heavy atom. The van der Waals surface area contributed by atoms with E-state index in [9.17, 15) is 9.59 Å². The van der Waals surface area contributed by atoms with Crippen LogP contribution in [0, 0.1) is 0 Å². The number of carbonyl (C=O) groups is 1. The lowest BCUT2D eigenvalue weighted by molar-refractivity contribution is -0.119. The predicted octanol–water partition coefficient (Wildman–Crippen LogP) is 4.15. The number of carbonyl (C=O) groups excluding carboxylic acids is 1. The van der Waals surface area contributed by atoms with Gasteiger partial charge >= 0.3 is 0 Å². The highest BCUT2D eigenvalue weighted by molar-refractivity contribution is 7.99. The van der Waals surface area contributed by atoms with E-state index >= 15 is 0 Å². The standard InChI is InChI=1S/C23H18ClN5O2S2/c24-15-10-12-17(13-11-15)29-21(31)18-8-4-5-9-19(18)26-23(29)33-14-20(30)27-28-22(32)25-16-6-2-1-3-7-16/h1-13H,14H2,(H,27,30)(H2,25,28,32). The van der Waals surface area contributed by atoms with E-state index in [-0.39, 0.29) is 22.3 Å². The summed E-state index contributed by atoms with van der Waals surface area (Å²) in [5.41, 5.74) is 6.95. The minimum atomic E-state index is -0.331. The third kappa shape index (κ3) is 5.70. The average Bonchev–Trinajstić information content (AvgIpc) is 2.83. The topological polar surface area (TPSA) is 88.0 Å². The summed E-state index contributed by atoms with van der Waals surface area (Å²) in [6, 6.07) is 23.3. The van der Waals surface area contributed by atoms with Crippen molar-refractivity contribution >= 4 is 63.2 Å². The summed E-state index contributed by atoms with van der Waals surface area (Å²) in [4.78, 5) is 30.2. The SMILES string of the molecule is O=C(CSc1nc2ccccc2c(=O)n1-c1ccc(Cl)cc1)NNC(=S)Nc1ccccc1. The molecule has 3 aromatic carbocycles. The monoisotopic (exact) mass is 495 g/mol. The van der Waals surface area contributed by atoms with Crippen molar-refractivity contribution in [1.82, 2.24) is 20.4 Å². The van der Waals surface area contributed by atoms with E-state index in [0.717, 1.165) is 17.4 Å². The van der Waals surface area contributed by atoms with Crippen LogP contribution in [0.2, 0.25) is 5.02 Å². The maximum atomic E-state index is 13.2. The van der Waals surface area contributed by atoms with Crippen LogP contribution < -0.4 is 21.7 Å². The zero-order valence-corrected chi connectivity index (χ0v) is 19.5. The number of para-hydroxylation sites is 2. The lowest BCUT2D eigenvalue weighted by atomic mass is 10.2. The third-order valence-corrected chi connectivity index (χ3v) is 5.90. The quantitative estimate of drug-likeness (QED) is 0.166. The number of nitrogens with zero attached hydrogens (tertiary/aromatic N) is 2. The number of benzene rings is 3. The molecule has 0 spiro atoms. The molecule has 0 radical (unpaired) electrons. The highest BCUT2D eigenvalue weighted by atomic mass is 35.5. The zero-order valence-electron chi connectivity index (χ0n) is 17.1. The molecule has 0 atom stereocenters. The Kier molecular flexibility index (Phi) is 7.23. The van der Waals surface area contributed by atoms with E-state index in [1.54, 1.807) is 42.5 Å². The fraction of sp³-hybridized carbons (Fsp3) is 0.0435. The molecule has 0 aliphatic rings. The minimum absolute atomic E-state index is 0.0132. The van der Waals surface area contributed by atoms with E-state index in [1.165, 1.54) is 4.57 Å². The first-order valence-corrected chi connectivity index (χ1v) is 11.6. The van der Waals surface area contributed by atoms with Gasteiger partial charge in [-0.25, -0.2) is 4.98 Å². The summed E-state index contributed by atoms with van der Waals surface area (Å²) in [6.45, 7) is 0. The molecular formula is C23H18ClN5O2S2. The molecular weight excluding hydrogens is 478 g/mol. The van der Waals surface area contributed by atoms with Crippen molar-refractivity contribution in [1.29, 1.82) is 0 Å². The van der Waals surface area contributed by atoms with Crippen LogP contribution in [0.3, 0.4) is 0 Å². The molecule has 0 aliphatic carbocycles. The molecule has 0 fully saturated rings. The van der Waals surface area contributed by atoms with Gasteiger partial charge in [0.1, 0.15) is 0 Å². The smallest absolute Gasteiger partial charge is 0.266 e. The second-order valence-electron chi connectivity index (χ2n) is 6.81. The Balaban J connectivity index is 1.49. The molecule has 1 heterocycles. The van der Waals surface area contributed by atoms with Gasteiger partial charge in [-0.1, -0.05) is 53.7 Å². The predicted molar refractivity (Wildman–Crippen MR) is 137 cm³/mol. The van der Waals surface area contributed by atoms with Crippen molar-refractivity contribution in [2.75, 3.05) is 11.1 Å². The van der Waals surface area contributed by atoms with E-state index in [1.807, 2.05) is 36.4 Å². The van der Waals surface area contributed by atoms with E-state index in [0.29, 0.717) is 26.8 Å². The number of halogens is 1. The van der Waals surface area contributed by atoms with E-state index in [4.69, 9.17) is 23.8 Å². The van der Waals surface area contributed by atoms with Crippen LogP contribution in [-0.4, -0.2) is 26.3 Å². The summed E-state index contributed by atoms with van der Waals surface area (Å²) >= 11 is 12.3. The number of thiocarbonyl (C=S) groups is 1. The highest BCUT2D eigenvalue weighted by Crippen LogP contribution is 2.22. The number of fused-ring (bicyclic) bond motifs is 1. The summed E-state index contributed by atoms with van der Waals surface area (Å²) in [5.74, 6) is -0.318. The first kappa shape index (κ1) is 22.8. The number of hydrogen-bond acceptors (Lipinski definition) is 5. The molecule has 10 heteroatoms. The zero-order chi connectivity index (χ0) is 23.2. The van der Waals surface area contributed by atoms with Gasteiger partial charge in [0.25, 0.3) is 5.56 Å². The Morgan fingerprint density at radius 3 is 2.42 bits per heavy atom. The number of aromatic nitrogens is 2. The first-order chi connectivity index (χ1) is 16.0. The van der Waals surface area contributed by atoms with Gasteiger partial charge in [0, 0.05) is 10.7 Å². The number of amides is 1. The molecule has 1 aromatic heterocycles. The van der Waals surface area contributed by atoms with Crippen LogP contribution in [-0.2, 0) is 4.79 Å². The number of hydrazine groups is 1. The van der Waals surface area contributed by atoms with Gasteiger partial charge in [-0.2, -0.15) is 0 Å². The molecule has 33 heavy (non-hydrogen) atoms. The molecule has 0 bridgehead atoms. The summed E-state index contributed by atoms with van der Waals surface area (Å²) in [6.07, 6.45) is 0. The van der Waals surface area contributed by atoms with E-state index < -0.39 is 0 Å². The van der Waals surface area contributed by atoms with Crippen LogP contribution in [0.5, 0.6) is 0 Å². The van der Waals surface area contributed by atoms with Gasteiger partial charge < -0.3 is 5.32 Å². The van der Waals surface area contributed by atoms with Crippen molar-refractivity contribution < 1.29 is 4.79 Å². The maximum Gasteiger partial charge on any atom is 0.266 e. The lowest BCUT2D eigenvalue weighted by Crippen LogP contribution is -2.44. The molecule has 0 saturated carbocycles. The number of rotatable bonds is 5. The number of nitrogens with one attached hydrogen (secondary N) is 3. The van der Waals surface area contributed by atoms with Crippen LogP contribution in [0.4, 0.5) is 5.69 Å². The van der Waals surface area contributed by atoms with Crippen LogP contribution in [0.1, 0.15) is 0 Å². The molecule has 0 saturated heterocycles. The molecule has 4 rings (SSSR count). The second kappa shape index (κ2) is 10.5. The largest absolute Gasteiger partial charge is 0.331 e. The number of anilines is 1. The van der Waals surface area contributed by atoms with Crippen molar-refractivity contribution in [3.8, 4) is 5.69 Å². The van der Waals surface area contributed by atoms with Gasteiger partial charge in [0.2, 0.25) is 5.91 Å². The Hall–Kier alpha value is -3.40. The van der Waals surface area contributed by atoms with Crippen molar-refractivity contribution in [2.45, 2.75) is 5.16 Å². The molecule has 0 unspecified atom stereocenters. The van der Waals surface area contributed by atoms with E-state index in [2.05, 4.69) is 21.2 Å². The lowest BCUT2D eigenvalue weighted by Gasteiger charge is -2.14. The molecule has 7 nitrogen and oxygen atoms in total. The van der Waals surface area contributed by atoms with Crippen molar-refractivity contribution in [3.05, 3.63) is 94.2 Å². The summed E-state index contributed by atoms with van der Waals surface area (Å²) in [5, 5.41) is 4.65. The van der Waals surface area contributed by atoms with Gasteiger partial charge in [-0.05, 0) is 60.7 Å². The van der Waals surface area contributed by atoms with Crippen molar-refractivity contribution in [2.24, 2.45) is 0 Å². The Morgan fingerprint density at radius 1 is 0.970 bits per heavy atom. The summed E-state index contributed by atoms with van der Waals surface area (Å²) < 4.78 is 1.48. The first-order valence-electron chi connectivity index (χ1n) is 9.83. The Labute approximate surface area is 204 Å². The van der Waals surface area contributed by atoms with Crippen LogP contribution >= 0.6 is 35.6 Å². The van der Waals surface area contributed by atoms with Crippen LogP contribution in [0.25, 0.3) is 16.6 Å².